The van der Waals surface area contributed by atoms with E-state index in [1.807, 2.05) is 0 Å². The summed E-state index contributed by atoms with van der Waals surface area (Å²) < 4.78 is 11.1. The SMILES string of the molecule is CCCCCCCCCCCCCCC[C@@H](O)[C@@H](O)[C@H](CO[C@@H]1O[C@H](CO)[C@@H](O)C(O)C1O)NC(=O)CCCCCCCCCCC. The predicted molar refractivity (Wildman–Crippen MR) is 186 cm³/mol. The summed E-state index contributed by atoms with van der Waals surface area (Å²) in [6.07, 6.45) is 16.9. The van der Waals surface area contributed by atoms with Gasteiger partial charge < -0.3 is 45.4 Å². The van der Waals surface area contributed by atoms with Crippen LogP contribution in [0.25, 0.3) is 0 Å². The Balaban J connectivity index is 2.49. The number of carbonyl (C=O) groups excluding carboxylic acids is 1. The largest absolute Gasteiger partial charge is 0.394 e. The van der Waals surface area contributed by atoms with Gasteiger partial charge in [-0.05, 0) is 12.8 Å². The molecule has 8 atom stereocenters. The number of rotatable bonds is 31. The van der Waals surface area contributed by atoms with Crippen molar-refractivity contribution in [2.24, 2.45) is 0 Å². The van der Waals surface area contributed by atoms with Crippen LogP contribution < -0.4 is 5.32 Å². The number of carbonyl (C=O) groups is 1. The Morgan fingerprint density at radius 2 is 1.11 bits per heavy atom. The summed E-state index contributed by atoms with van der Waals surface area (Å²) in [5, 5.41) is 64.7. The van der Waals surface area contributed by atoms with E-state index in [4.69, 9.17) is 9.47 Å². The molecule has 7 N–H and O–H groups in total. The Morgan fingerprint density at radius 1 is 0.660 bits per heavy atom. The molecule has 47 heavy (non-hydrogen) atoms. The lowest BCUT2D eigenvalue weighted by Crippen LogP contribution is -2.60. The highest BCUT2D eigenvalue weighted by Crippen LogP contribution is 2.23. The van der Waals surface area contributed by atoms with Crippen molar-refractivity contribution in [2.45, 2.75) is 217 Å². The van der Waals surface area contributed by atoms with Gasteiger partial charge in [0.2, 0.25) is 5.91 Å². The summed E-state index contributed by atoms with van der Waals surface area (Å²) in [5.74, 6) is -0.262. The third kappa shape index (κ3) is 20.4. The number of aliphatic hydroxyl groups is 6. The number of hydrogen-bond donors (Lipinski definition) is 7. The van der Waals surface area contributed by atoms with E-state index in [0.717, 1.165) is 44.9 Å². The van der Waals surface area contributed by atoms with Gasteiger partial charge in [0.1, 0.15) is 30.5 Å². The Kier molecular flexibility index (Phi) is 27.2. The minimum atomic E-state index is -1.60. The lowest BCUT2D eigenvalue weighted by atomic mass is 9.98. The molecule has 1 heterocycles. The van der Waals surface area contributed by atoms with E-state index in [1.54, 1.807) is 0 Å². The lowest BCUT2D eigenvalue weighted by Gasteiger charge is -2.40. The number of unbranched alkanes of at least 4 members (excludes halogenated alkanes) is 20. The van der Waals surface area contributed by atoms with Crippen LogP contribution in [0.2, 0.25) is 0 Å². The van der Waals surface area contributed by atoms with E-state index in [1.165, 1.54) is 96.3 Å². The fourth-order valence-corrected chi connectivity index (χ4v) is 6.31. The van der Waals surface area contributed by atoms with Crippen molar-refractivity contribution in [3.8, 4) is 0 Å². The molecule has 1 rings (SSSR count). The lowest BCUT2D eigenvalue weighted by molar-refractivity contribution is -0.303. The maximum absolute atomic E-state index is 12.8. The summed E-state index contributed by atoms with van der Waals surface area (Å²) in [5.41, 5.74) is 0. The fourth-order valence-electron chi connectivity index (χ4n) is 6.31. The van der Waals surface area contributed by atoms with Crippen LogP contribution in [0.3, 0.4) is 0 Å². The Hall–Kier alpha value is -0.850. The first-order valence-electron chi connectivity index (χ1n) is 19.3. The molecule has 0 aromatic rings. The van der Waals surface area contributed by atoms with Crippen LogP contribution in [0.15, 0.2) is 0 Å². The minimum absolute atomic E-state index is 0.262. The van der Waals surface area contributed by atoms with Gasteiger partial charge in [-0.3, -0.25) is 4.79 Å². The van der Waals surface area contributed by atoms with Crippen LogP contribution in [0, 0.1) is 0 Å². The van der Waals surface area contributed by atoms with E-state index in [2.05, 4.69) is 19.2 Å². The van der Waals surface area contributed by atoms with E-state index in [9.17, 15) is 35.4 Å². The molecule has 0 radical (unpaired) electrons. The minimum Gasteiger partial charge on any atom is -0.394 e. The molecule has 10 heteroatoms. The van der Waals surface area contributed by atoms with Crippen molar-refractivity contribution in [1.82, 2.24) is 5.32 Å². The fraction of sp³-hybridized carbons (Fsp3) is 0.973. The van der Waals surface area contributed by atoms with Crippen LogP contribution >= 0.6 is 0 Å². The molecule has 10 nitrogen and oxygen atoms in total. The van der Waals surface area contributed by atoms with E-state index >= 15 is 0 Å². The van der Waals surface area contributed by atoms with Gasteiger partial charge in [0.25, 0.3) is 0 Å². The average Bonchev–Trinajstić information content (AvgIpc) is 3.07. The van der Waals surface area contributed by atoms with Gasteiger partial charge in [0, 0.05) is 6.42 Å². The molecular formula is C37H73NO9. The molecule has 0 aliphatic carbocycles. The second kappa shape index (κ2) is 28.9. The summed E-state index contributed by atoms with van der Waals surface area (Å²) in [6, 6.07) is -0.981. The number of aliphatic hydroxyl groups excluding tert-OH is 6. The third-order valence-corrected chi connectivity index (χ3v) is 9.55. The van der Waals surface area contributed by atoms with Gasteiger partial charge in [-0.2, -0.15) is 0 Å². The molecule has 0 aromatic carbocycles. The van der Waals surface area contributed by atoms with Gasteiger partial charge in [-0.1, -0.05) is 149 Å². The van der Waals surface area contributed by atoms with Crippen molar-refractivity contribution in [2.75, 3.05) is 13.2 Å². The summed E-state index contributed by atoms with van der Waals surface area (Å²) in [7, 11) is 0. The Morgan fingerprint density at radius 3 is 1.57 bits per heavy atom. The van der Waals surface area contributed by atoms with E-state index < -0.39 is 55.6 Å². The monoisotopic (exact) mass is 676 g/mol. The topological polar surface area (TPSA) is 169 Å². The molecule has 1 fully saturated rings. The normalized spacial score (nSPS) is 23.4. The zero-order valence-corrected chi connectivity index (χ0v) is 29.9. The van der Waals surface area contributed by atoms with Crippen LogP contribution in [0.4, 0.5) is 0 Å². The van der Waals surface area contributed by atoms with Crippen LogP contribution in [-0.2, 0) is 14.3 Å². The second-order valence-electron chi connectivity index (χ2n) is 13.9. The zero-order chi connectivity index (χ0) is 34.7. The number of nitrogens with one attached hydrogen (secondary N) is 1. The molecule has 280 valence electrons. The first-order valence-corrected chi connectivity index (χ1v) is 19.3. The van der Waals surface area contributed by atoms with E-state index in [-0.39, 0.29) is 18.9 Å². The van der Waals surface area contributed by atoms with Crippen molar-refractivity contribution in [3.63, 3.8) is 0 Å². The van der Waals surface area contributed by atoms with Crippen LogP contribution in [-0.4, -0.2) is 98.7 Å². The van der Waals surface area contributed by atoms with Crippen LogP contribution in [0.1, 0.15) is 168 Å². The summed E-state index contributed by atoms with van der Waals surface area (Å²) in [4.78, 5) is 12.8. The van der Waals surface area contributed by atoms with Gasteiger partial charge in [0.15, 0.2) is 6.29 Å². The first kappa shape index (κ1) is 44.2. The summed E-state index contributed by atoms with van der Waals surface area (Å²) >= 11 is 0. The number of ether oxygens (including phenoxy) is 2. The highest BCUT2D eigenvalue weighted by molar-refractivity contribution is 5.76. The van der Waals surface area contributed by atoms with Crippen molar-refractivity contribution < 1.29 is 44.9 Å². The highest BCUT2D eigenvalue weighted by Gasteiger charge is 2.44. The number of amides is 1. The van der Waals surface area contributed by atoms with E-state index in [0.29, 0.717) is 6.42 Å². The van der Waals surface area contributed by atoms with Crippen molar-refractivity contribution in [1.29, 1.82) is 0 Å². The maximum atomic E-state index is 12.8. The molecule has 0 bridgehead atoms. The van der Waals surface area contributed by atoms with Gasteiger partial charge in [0.05, 0.1) is 25.4 Å². The number of hydrogen-bond acceptors (Lipinski definition) is 9. The molecule has 0 spiro atoms. The third-order valence-electron chi connectivity index (χ3n) is 9.55. The van der Waals surface area contributed by atoms with Crippen LogP contribution in [0.5, 0.6) is 0 Å². The molecule has 0 saturated carbocycles. The smallest absolute Gasteiger partial charge is 0.220 e. The molecule has 1 aliphatic heterocycles. The summed E-state index contributed by atoms with van der Waals surface area (Å²) in [6.45, 7) is 3.55. The van der Waals surface area contributed by atoms with Crippen molar-refractivity contribution >= 4 is 5.91 Å². The first-order chi connectivity index (χ1) is 22.8. The highest BCUT2D eigenvalue weighted by atomic mass is 16.7. The predicted octanol–water partition coefficient (Wildman–Crippen LogP) is 5.41. The standard InChI is InChI=1S/C37H73NO9/c1-3-5-7-9-11-13-14-15-16-18-19-21-23-25-30(40)33(42)29(28-46-37-36(45)35(44)34(43)31(27-39)47-37)38-32(41)26-24-22-20-17-12-10-8-6-4-2/h29-31,33-37,39-40,42-45H,3-28H2,1-2H3,(H,38,41)/t29-,30+,31+,33-,34+,35?,36?,37+/m0/s1. The quantitative estimate of drug-likeness (QED) is 0.0475. The molecule has 1 amide bonds. The molecule has 1 aliphatic rings. The van der Waals surface area contributed by atoms with Gasteiger partial charge >= 0.3 is 0 Å². The molecule has 1 saturated heterocycles. The molecular weight excluding hydrogens is 602 g/mol. The maximum Gasteiger partial charge on any atom is 0.220 e. The molecule has 0 aromatic heterocycles. The second-order valence-corrected chi connectivity index (χ2v) is 13.9. The average molecular weight is 676 g/mol. The van der Waals surface area contributed by atoms with Gasteiger partial charge in [-0.25, -0.2) is 0 Å². The zero-order valence-electron chi connectivity index (χ0n) is 29.9. The van der Waals surface area contributed by atoms with Gasteiger partial charge in [-0.15, -0.1) is 0 Å². The Labute approximate surface area is 286 Å². The molecule has 2 unspecified atom stereocenters. The Bertz CT molecular complexity index is 728. The van der Waals surface area contributed by atoms with Crippen molar-refractivity contribution in [3.05, 3.63) is 0 Å².